The zero-order chi connectivity index (χ0) is 15.8. The van der Waals surface area contributed by atoms with E-state index in [-0.39, 0.29) is 4.90 Å². The highest BCUT2D eigenvalue weighted by molar-refractivity contribution is 9.10. The van der Waals surface area contributed by atoms with Crippen molar-refractivity contribution in [3.8, 4) is 0 Å². The quantitative estimate of drug-likeness (QED) is 0.776. The Morgan fingerprint density at radius 1 is 1.19 bits per heavy atom. The molecule has 21 heavy (non-hydrogen) atoms. The predicted octanol–water partition coefficient (Wildman–Crippen LogP) is 4.10. The first-order valence-corrected chi connectivity index (χ1v) is 8.71. The Morgan fingerprint density at radius 3 is 2.48 bits per heavy atom. The summed E-state index contributed by atoms with van der Waals surface area (Å²) in [5, 5.41) is 0.318. The summed E-state index contributed by atoms with van der Waals surface area (Å²) < 4.78 is 28.1. The molecule has 3 N–H and O–H groups in total. The van der Waals surface area contributed by atoms with E-state index < -0.39 is 10.0 Å². The molecule has 0 saturated carbocycles. The second-order valence-corrected chi connectivity index (χ2v) is 7.69. The van der Waals surface area contributed by atoms with E-state index in [1.807, 2.05) is 13.8 Å². The van der Waals surface area contributed by atoms with Crippen molar-refractivity contribution in [2.45, 2.75) is 18.7 Å². The van der Waals surface area contributed by atoms with E-state index >= 15 is 0 Å². The topological polar surface area (TPSA) is 72.2 Å². The third-order valence-corrected chi connectivity index (χ3v) is 5.33. The Labute approximate surface area is 137 Å². The molecule has 2 aromatic carbocycles. The van der Waals surface area contributed by atoms with E-state index in [0.29, 0.717) is 16.4 Å². The minimum atomic E-state index is -3.75. The summed E-state index contributed by atoms with van der Waals surface area (Å²) >= 11 is 9.28. The van der Waals surface area contributed by atoms with E-state index in [0.717, 1.165) is 15.6 Å². The first-order chi connectivity index (χ1) is 9.70. The summed E-state index contributed by atoms with van der Waals surface area (Å²) in [5.41, 5.74) is 8.27. The highest BCUT2D eigenvalue weighted by Crippen LogP contribution is 2.29. The summed E-state index contributed by atoms with van der Waals surface area (Å²) in [6.07, 6.45) is 0. The molecule has 112 valence electrons. The van der Waals surface area contributed by atoms with Gasteiger partial charge in [-0.1, -0.05) is 27.5 Å². The van der Waals surface area contributed by atoms with Crippen LogP contribution in [0.15, 0.2) is 39.7 Å². The van der Waals surface area contributed by atoms with Crippen LogP contribution in [0.25, 0.3) is 0 Å². The maximum absolute atomic E-state index is 12.4. The Bertz CT molecular complexity index is 784. The smallest absolute Gasteiger partial charge is 0.262 e. The van der Waals surface area contributed by atoms with Gasteiger partial charge in [0.2, 0.25) is 0 Å². The third kappa shape index (κ3) is 3.51. The van der Waals surface area contributed by atoms with Crippen LogP contribution in [0.2, 0.25) is 5.02 Å². The van der Waals surface area contributed by atoms with E-state index in [2.05, 4.69) is 20.7 Å². The fraction of sp³-hybridized carbons (Fsp3) is 0.143. The summed E-state index contributed by atoms with van der Waals surface area (Å²) in [6.45, 7) is 3.66. The molecule has 0 amide bonds. The molecule has 0 unspecified atom stereocenters. The van der Waals surface area contributed by atoms with Crippen molar-refractivity contribution in [3.63, 3.8) is 0 Å². The molecular formula is C14H14BrClN2O2S. The summed E-state index contributed by atoms with van der Waals surface area (Å²) in [7, 11) is -3.75. The van der Waals surface area contributed by atoms with Gasteiger partial charge < -0.3 is 5.73 Å². The number of rotatable bonds is 3. The first kappa shape index (κ1) is 16.1. The van der Waals surface area contributed by atoms with Crippen LogP contribution in [-0.4, -0.2) is 8.42 Å². The fourth-order valence-electron chi connectivity index (χ4n) is 1.79. The van der Waals surface area contributed by atoms with Gasteiger partial charge in [0.1, 0.15) is 0 Å². The molecule has 0 aliphatic heterocycles. The number of aryl methyl sites for hydroxylation is 1. The number of anilines is 2. The maximum Gasteiger partial charge on any atom is 0.262 e. The lowest BCUT2D eigenvalue weighted by molar-refractivity contribution is 0.601. The molecular weight excluding hydrogens is 376 g/mol. The van der Waals surface area contributed by atoms with Crippen LogP contribution < -0.4 is 10.5 Å². The maximum atomic E-state index is 12.4. The molecule has 0 bridgehead atoms. The van der Waals surface area contributed by atoms with Crippen molar-refractivity contribution in [1.82, 2.24) is 0 Å². The summed E-state index contributed by atoms with van der Waals surface area (Å²) in [6, 6.07) is 7.97. The van der Waals surface area contributed by atoms with Gasteiger partial charge in [0.05, 0.1) is 15.6 Å². The van der Waals surface area contributed by atoms with Gasteiger partial charge in [-0.25, -0.2) is 8.42 Å². The summed E-state index contributed by atoms with van der Waals surface area (Å²) in [4.78, 5) is 0.110. The van der Waals surface area contributed by atoms with E-state index in [9.17, 15) is 8.42 Å². The van der Waals surface area contributed by atoms with Gasteiger partial charge in [-0.05, 0) is 55.3 Å². The average molecular weight is 390 g/mol. The number of nitrogen functional groups attached to an aromatic ring is 1. The molecule has 0 aromatic heterocycles. The number of nitrogens with one attached hydrogen (secondary N) is 1. The van der Waals surface area contributed by atoms with Crippen molar-refractivity contribution < 1.29 is 8.42 Å². The van der Waals surface area contributed by atoms with Crippen LogP contribution >= 0.6 is 27.5 Å². The van der Waals surface area contributed by atoms with Gasteiger partial charge in [-0.15, -0.1) is 0 Å². The van der Waals surface area contributed by atoms with Crippen LogP contribution in [0.1, 0.15) is 11.1 Å². The molecule has 0 aliphatic rings. The molecule has 2 rings (SSSR count). The van der Waals surface area contributed by atoms with Gasteiger partial charge in [-0.3, -0.25) is 4.72 Å². The van der Waals surface area contributed by atoms with Gasteiger partial charge in [0.15, 0.2) is 0 Å². The Kier molecular flexibility index (Phi) is 4.51. The van der Waals surface area contributed by atoms with Crippen LogP contribution in [0.5, 0.6) is 0 Å². The Morgan fingerprint density at radius 2 is 1.86 bits per heavy atom. The molecule has 0 radical (unpaired) electrons. The lowest BCUT2D eigenvalue weighted by Crippen LogP contribution is -2.14. The monoisotopic (exact) mass is 388 g/mol. The highest BCUT2D eigenvalue weighted by atomic mass is 79.9. The third-order valence-electron chi connectivity index (χ3n) is 3.16. The zero-order valence-corrected chi connectivity index (χ0v) is 14.6. The second kappa shape index (κ2) is 5.87. The summed E-state index contributed by atoms with van der Waals surface area (Å²) in [5.74, 6) is 0. The van der Waals surface area contributed by atoms with E-state index in [4.69, 9.17) is 17.3 Å². The largest absolute Gasteiger partial charge is 0.398 e. The average Bonchev–Trinajstić information content (AvgIpc) is 2.39. The molecule has 4 nitrogen and oxygen atoms in total. The van der Waals surface area contributed by atoms with Crippen LogP contribution in [0.3, 0.4) is 0 Å². The lowest BCUT2D eigenvalue weighted by Gasteiger charge is -2.12. The molecule has 0 saturated heterocycles. The normalized spacial score (nSPS) is 11.4. The fourth-order valence-corrected chi connectivity index (χ4v) is 3.56. The van der Waals surface area contributed by atoms with Crippen LogP contribution in [0.4, 0.5) is 11.4 Å². The first-order valence-electron chi connectivity index (χ1n) is 6.05. The molecule has 0 atom stereocenters. The number of halogens is 2. The number of hydrogen-bond donors (Lipinski definition) is 2. The zero-order valence-electron chi connectivity index (χ0n) is 11.4. The SMILES string of the molecule is Cc1cc(S(=O)(=O)Nc2cc(Br)ccc2Cl)cc(N)c1C. The predicted molar refractivity (Wildman–Crippen MR) is 90.3 cm³/mol. The highest BCUT2D eigenvalue weighted by Gasteiger charge is 2.18. The van der Waals surface area contributed by atoms with Gasteiger partial charge in [0.25, 0.3) is 10.0 Å². The molecule has 0 spiro atoms. The van der Waals surface area contributed by atoms with Gasteiger partial charge in [0, 0.05) is 10.2 Å². The van der Waals surface area contributed by atoms with E-state index in [1.54, 1.807) is 24.3 Å². The van der Waals surface area contributed by atoms with Crippen molar-refractivity contribution >= 4 is 48.9 Å². The number of hydrogen-bond acceptors (Lipinski definition) is 3. The Balaban J connectivity index is 2.46. The van der Waals surface area contributed by atoms with E-state index in [1.165, 1.54) is 6.07 Å². The number of benzene rings is 2. The lowest BCUT2D eigenvalue weighted by atomic mass is 10.1. The molecule has 7 heteroatoms. The van der Waals surface area contributed by atoms with Crippen molar-refractivity contribution in [3.05, 3.63) is 51.0 Å². The molecule has 0 aliphatic carbocycles. The van der Waals surface area contributed by atoms with Crippen molar-refractivity contribution in [1.29, 1.82) is 0 Å². The van der Waals surface area contributed by atoms with Crippen molar-refractivity contribution in [2.75, 3.05) is 10.5 Å². The van der Waals surface area contributed by atoms with Crippen molar-refractivity contribution in [2.24, 2.45) is 0 Å². The van der Waals surface area contributed by atoms with Gasteiger partial charge >= 0.3 is 0 Å². The standard InChI is InChI=1S/C14H14BrClN2O2S/c1-8-5-11(7-13(17)9(8)2)21(19,20)18-14-6-10(15)3-4-12(14)16/h3-7,18H,17H2,1-2H3. The van der Waals surface area contributed by atoms with Crippen LogP contribution in [-0.2, 0) is 10.0 Å². The molecule has 2 aromatic rings. The Hall–Kier alpha value is -1.24. The minimum absolute atomic E-state index is 0.110. The molecule has 0 fully saturated rings. The van der Waals surface area contributed by atoms with Crippen LogP contribution in [0, 0.1) is 13.8 Å². The number of sulfonamides is 1. The minimum Gasteiger partial charge on any atom is -0.398 e. The van der Waals surface area contributed by atoms with Gasteiger partial charge in [-0.2, -0.15) is 0 Å². The second-order valence-electron chi connectivity index (χ2n) is 4.68. The number of nitrogens with two attached hydrogens (primary N) is 1. The molecule has 0 heterocycles.